The van der Waals surface area contributed by atoms with E-state index in [2.05, 4.69) is 10.2 Å². The number of thioether (sulfide) groups is 1. The van der Waals surface area contributed by atoms with Crippen LogP contribution < -0.4 is 0 Å². The molecule has 1 heterocycles. The summed E-state index contributed by atoms with van der Waals surface area (Å²) in [4.78, 5) is 13.2. The van der Waals surface area contributed by atoms with Gasteiger partial charge in [-0.1, -0.05) is 30.3 Å². The lowest BCUT2D eigenvalue weighted by Gasteiger charge is -2.11. The van der Waals surface area contributed by atoms with Crippen molar-refractivity contribution in [3.05, 3.63) is 66.1 Å². The Labute approximate surface area is 144 Å². The average molecular weight is 340 g/mol. The molecule has 0 N–H and O–H groups in total. The molecule has 1 atom stereocenters. The fourth-order valence-electron chi connectivity index (χ4n) is 2.18. The second-order valence-electron chi connectivity index (χ2n) is 5.06. The lowest BCUT2D eigenvalue weighted by Crippen LogP contribution is -2.10. The quantitative estimate of drug-likeness (QED) is 0.507. The number of hydrogen-bond donors (Lipinski definition) is 0. The van der Waals surface area contributed by atoms with Crippen LogP contribution in [0.25, 0.3) is 11.5 Å². The first-order valence-corrected chi connectivity index (χ1v) is 8.64. The molecular weight excluding hydrogens is 324 g/mol. The molecule has 1 aromatic heterocycles. The Morgan fingerprint density at radius 3 is 2.54 bits per heavy atom. The van der Waals surface area contributed by atoms with Crippen molar-refractivity contribution >= 4 is 17.7 Å². The standard InChI is InChI=1S/C18H16N2O3S/c1-12(22-18(21)14-10-6-7-11-15(14)24-2)16-19-20-17(23-16)13-8-4-3-5-9-13/h3-12H,1-2H3. The van der Waals surface area contributed by atoms with Gasteiger partial charge in [0.1, 0.15) is 0 Å². The molecule has 0 radical (unpaired) electrons. The van der Waals surface area contributed by atoms with E-state index in [1.807, 2.05) is 48.7 Å². The second-order valence-corrected chi connectivity index (χ2v) is 5.91. The Balaban J connectivity index is 1.74. The fourth-order valence-corrected chi connectivity index (χ4v) is 2.77. The van der Waals surface area contributed by atoms with Crippen LogP contribution >= 0.6 is 11.8 Å². The minimum atomic E-state index is -0.627. The number of rotatable bonds is 5. The van der Waals surface area contributed by atoms with Crippen LogP contribution in [0, 0.1) is 0 Å². The summed E-state index contributed by atoms with van der Waals surface area (Å²) >= 11 is 1.50. The van der Waals surface area contributed by atoms with Crippen LogP contribution in [0.15, 0.2) is 63.9 Å². The Hall–Kier alpha value is -2.60. The van der Waals surface area contributed by atoms with Gasteiger partial charge in [-0.15, -0.1) is 22.0 Å². The summed E-state index contributed by atoms with van der Waals surface area (Å²) in [5.74, 6) is 0.258. The topological polar surface area (TPSA) is 65.2 Å². The highest BCUT2D eigenvalue weighted by Gasteiger charge is 2.21. The van der Waals surface area contributed by atoms with Crippen LogP contribution in [0.2, 0.25) is 0 Å². The molecule has 0 fully saturated rings. The van der Waals surface area contributed by atoms with Crippen molar-refractivity contribution in [2.75, 3.05) is 6.26 Å². The molecule has 24 heavy (non-hydrogen) atoms. The maximum absolute atomic E-state index is 12.4. The zero-order valence-corrected chi connectivity index (χ0v) is 14.1. The molecule has 0 bridgehead atoms. The highest BCUT2D eigenvalue weighted by atomic mass is 32.2. The van der Waals surface area contributed by atoms with E-state index in [-0.39, 0.29) is 5.89 Å². The van der Waals surface area contributed by atoms with Crippen molar-refractivity contribution in [1.82, 2.24) is 10.2 Å². The molecule has 0 saturated carbocycles. The van der Waals surface area contributed by atoms with Gasteiger partial charge in [0.15, 0.2) is 6.10 Å². The minimum Gasteiger partial charge on any atom is -0.449 e. The largest absolute Gasteiger partial charge is 0.449 e. The van der Waals surface area contributed by atoms with Crippen molar-refractivity contribution in [3.63, 3.8) is 0 Å². The molecule has 122 valence electrons. The van der Waals surface area contributed by atoms with Crippen molar-refractivity contribution in [2.24, 2.45) is 0 Å². The van der Waals surface area contributed by atoms with Gasteiger partial charge in [-0.25, -0.2) is 4.79 Å². The number of nitrogens with zero attached hydrogens (tertiary/aromatic N) is 2. The summed E-state index contributed by atoms with van der Waals surface area (Å²) in [5, 5.41) is 7.99. The third-order valence-corrected chi connectivity index (χ3v) is 4.22. The molecule has 5 nitrogen and oxygen atoms in total. The molecule has 6 heteroatoms. The first kappa shape index (κ1) is 16.3. The van der Waals surface area contributed by atoms with E-state index in [1.165, 1.54) is 11.8 Å². The summed E-state index contributed by atoms with van der Waals surface area (Å²) in [7, 11) is 0. The molecule has 0 spiro atoms. The highest BCUT2D eigenvalue weighted by Crippen LogP contribution is 2.25. The van der Waals surface area contributed by atoms with Gasteiger partial charge >= 0.3 is 5.97 Å². The first-order chi connectivity index (χ1) is 11.7. The number of esters is 1. The highest BCUT2D eigenvalue weighted by molar-refractivity contribution is 7.98. The fraction of sp³-hybridized carbons (Fsp3) is 0.167. The zero-order chi connectivity index (χ0) is 16.9. The van der Waals surface area contributed by atoms with Crippen LogP contribution in [0.5, 0.6) is 0 Å². The molecule has 3 rings (SSSR count). The van der Waals surface area contributed by atoms with Gasteiger partial charge in [0, 0.05) is 10.5 Å². The van der Waals surface area contributed by atoms with Crippen molar-refractivity contribution in [2.45, 2.75) is 17.9 Å². The summed E-state index contributed by atoms with van der Waals surface area (Å²) < 4.78 is 11.1. The third-order valence-electron chi connectivity index (χ3n) is 3.42. The number of ether oxygens (including phenoxy) is 1. The summed E-state index contributed by atoms with van der Waals surface area (Å²) in [6.45, 7) is 1.71. The number of carbonyl (C=O) groups is 1. The summed E-state index contributed by atoms with van der Waals surface area (Å²) in [5.41, 5.74) is 1.35. The summed E-state index contributed by atoms with van der Waals surface area (Å²) in [6.07, 6.45) is 1.29. The second kappa shape index (κ2) is 7.31. The van der Waals surface area contributed by atoms with Crippen LogP contribution in [-0.4, -0.2) is 22.4 Å². The van der Waals surface area contributed by atoms with Gasteiger partial charge in [0.05, 0.1) is 5.56 Å². The maximum atomic E-state index is 12.4. The lowest BCUT2D eigenvalue weighted by molar-refractivity contribution is 0.0276. The lowest BCUT2D eigenvalue weighted by atomic mass is 10.2. The average Bonchev–Trinajstić information content (AvgIpc) is 3.12. The number of carbonyl (C=O) groups excluding carboxylic acids is 1. The number of aromatic nitrogens is 2. The molecule has 1 unspecified atom stereocenters. The van der Waals surface area contributed by atoms with Gasteiger partial charge in [-0.05, 0) is 37.4 Å². The maximum Gasteiger partial charge on any atom is 0.340 e. The van der Waals surface area contributed by atoms with E-state index in [0.29, 0.717) is 11.5 Å². The third kappa shape index (κ3) is 3.49. The smallest absolute Gasteiger partial charge is 0.340 e. The molecule has 0 aliphatic carbocycles. The molecule has 0 amide bonds. The Morgan fingerprint density at radius 1 is 1.08 bits per heavy atom. The minimum absolute atomic E-state index is 0.267. The van der Waals surface area contributed by atoms with Crippen LogP contribution in [0.4, 0.5) is 0 Å². The van der Waals surface area contributed by atoms with Gasteiger partial charge < -0.3 is 9.15 Å². The molecule has 3 aromatic rings. The zero-order valence-electron chi connectivity index (χ0n) is 13.3. The monoisotopic (exact) mass is 340 g/mol. The number of hydrogen-bond acceptors (Lipinski definition) is 6. The van der Waals surface area contributed by atoms with Gasteiger partial charge in [-0.3, -0.25) is 0 Å². The van der Waals surface area contributed by atoms with Crippen molar-refractivity contribution in [3.8, 4) is 11.5 Å². The van der Waals surface area contributed by atoms with Crippen molar-refractivity contribution < 1.29 is 13.9 Å². The molecule has 0 aliphatic heterocycles. The predicted octanol–water partition coefficient (Wildman–Crippen LogP) is 4.38. The first-order valence-electron chi connectivity index (χ1n) is 7.42. The SMILES string of the molecule is CSc1ccccc1C(=O)OC(C)c1nnc(-c2ccccc2)o1. The van der Waals surface area contributed by atoms with Crippen molar-refractivity contribution in [1.29, 1.82) is 0 Å². The Bertz CT molecular complexity index is 833. The van der Waals surface area contributed by atoms with Gasteiger partial charge in [-0.2, -0.15) is 0 Å². The van der Waals surface area contributed by atoms with Crippen LogP contribution in [0.3, 0.4) is 0 Å². The molecule has 0 aliphatic rings. The molecular formula is C18H16N2O3S. The van der Waals surface area contributed by atoms with Gasteiger partial charge in [0.25, 0.3) is 5.89 Å². The normalized spacial score (nSPS) is 11.9. The summed E-state index contributed by atoms with van der Waals surface area (Å²) in [6, 6.07) is 16.8. The van der Waals surface area contributed by atoms with Crippen LogP contribution in [0.1, 0.15) is 29.3 Å². The van der Waals surface area contributed by atoms with E-state index in [4.69, 9.17) is 9.15 Å². The van der Waals surface area contributed by atoms with E-state index in [1.54, 1.807) is 19.1 Å². The van der Waals surface area contributed by atoms with Gasteiger partial charge in [0.2, 0.25) is 5.89 Å². The van der Waals surface area contributed by atoms with E-state index >= 15 is 0 Å². The predicted molar refractivity (Wildman–Crippen MR) is 91.8 cm³/mol. The van der Waals surface area contributed by atoms with Crippen LogP contribution in [-0.2, 0) is 4.74 Å². The number of benzene rings is 2. The Kier molecular flexibility index (Phi) is 4.96. The van der Waals surface area contributed by atoms with E-state index in [9.17, 15) is 4.79 Å². The molecule has 0 saturated heterocycles. The molecule has 2 aromatic carbocycles. The Morgan fingerprint density at radius 2 is 1.79 bits per heavy atom. The van der Waals surface area contributed by atoms with E-state index < -0.39 is 12.1 Å². The van der Waals surface area contributed by atoms with E-state index in [0.717, 1.165) is 10.5 Å².